The molecule has 2 rings (SSSR count). The third kappa shape index (κ3) is 3.92. The molecule has 0 N–H and O–H groups in total. The standard InChI is InChI=1S/C13H22ClN3S/c1-16(2)12-5-7-17(9-12)6-3-4-13-15-11(8-14)10-18-13/h10,12H,3-9H2,1-2H3. The van der Waals surface area contributed by atoms with E-state index in [1.807, 2.05) is 0 Å². The first-order valence-electron chi connectivity index (χ1n) is 6.57. The zero-order chi connectivity index (χ0) is 13.0. The topological polar surface area (TPSA) is 19.4 Å². The van der Waals surface area contributed by atoms with Gasteiger partial charge in [-0.1, -0.05) is 0 Å². The smallest absolute Gasteiger partial charge is 0.0929 e. The monoisotopic (exact) mass is 287 g/mol. The second-order valence-corrected chi connectivity index (χ2v) is 6.39. The molecule has 1 aromatic heterocycles. The Morgan fingerprint density at radius 2 is 2.39 bits per heavy atom. The Hall–Kier alpha value is -0.160. The number of aryl methyl sites for hydroxylation is 1. The number of halogens is 1. The predicted molar refractivity (Wildman–Crippen MR) is 78.5 cm³/mol. The highest BCUT2D eigenvalue weighted by Crippen LogP contribution is 2.16. The van der Waals surface area contributed by atoms with E-state index in [-0.39, 0.29) is 0 Å². The highest BCUT2D eigenvalue weighted by atomic mass is 35.5. The van der Waals surface area contributed by atoms with E-state index in [0.717, 1.165) is 18.2 Å². The van der Waals surface area contributed by atoms with Crippen LogP contribution in [-0.2, 0) is 12.3 Å². The highest BCUT2D eigenvalue weighted by Gasteiger charge is 2.23. The average molecular weight is 288 g/mol. The van der Waals surface area contributed by atoms with Crippen molar-refractivity contribution >= 4 is 22.9 Å². The maximum Gasteiger partial charge on any atom is 0.0929 e. The lowest BCUT2D eigenvalue weighted by Gasteiger charge is -2.20. The summed E-state index contributed by atoms with van der Waals surface area (Å²) in [6, 6.07) is 0.743. The minimum Gasteiger partial charge on any atom is -0.305 e. The lowest BCUT2D eigenvalue weighted by molar-refractivity contribution is 0.267. The molecule has 0 spiro atoms. The number of hydrogen-bond acceptors (Lipinski definition) is 4. The summed E-state index contributed by atoms with van der Waals surface area (Å²) in [5.41, 5.74) is 1.02. The number of nitrogens with zero attached hydrogens (tertiary/aromatic N) is 3. The van der Waals surface area contributed by atoms with E-state index >= 15 is 0 Å². The molecule has 0 amide bonds. The van der Waals surface area contributed by atoms with E-state index in [1.54, 1.807) is 11.3 Å². The number of alkyl halides is 1. The van der Waals surface area contributed by atoms with Gasteiger partial charge in [0.1, 0.15) is 0 Å². The lowest BCUT2D eigenvalue weighted by Crippen LogP contribution is -2.31. The number of hydrogen-bond donors (Lipinski definition) is 0. The van der Waals surface area contributed by atoms with Gasteiger partial charge in [0.05, 0.1) is 16.6 Å². The van der Waals surface area contributed by atoms with E-state index in [0.29, 0.717) is 5.88 Å². The van der Waals surface area contributed by atoms with Crippen LogP contribution in [0, 0.1) is 0 Å². The third-order valence-electron chi connectivity index (χ3n) is 3.58. The van der Waals surface area contributed by atoms with Gasteiger partial charge in [0, 0.05) is 24.4 Å². The lowest BCUT2D eigenvalue weighted by atomic mass is 10.2. The fourth-order valence-corrected chi connectivity index (χ4v) is 3.48. The van der Waals surface area contributed by atoms with E-state index in [9.17, 15) is 0 Å². The van der Waals surface area contributed by atoms with Crippen LogP contribution in [0.4, 0.5) is 0 Å². The fraction of sp³-hybridized carbons (Fsp3) is 0.769. The van der Waals surface area contributed by atoms with Crippen LogP contribution in [0.2, 0.25) is 0 Å². The summed E-state index contributed by atoms with van der Waals surface area (Å²) in [5, 5.41) is 3.30. The van der Waals surface area contributed by atoms with Gasteiger partial charge in [-0.05, 0) is 40.0 Å². The molecule has 5 heteroatoms. The van der Waals surface area contributed by atoms with Crippen LogP contribution < -0.4 is 0 Å². The first kappa shape index (κ1) is 14.3. The highest BCUT2D eigenvalue weighted by molar-refractivity contribution is 7.09. The minimum absolute atomic E-state index is 0.535. The summed E-state index contributed by atoms with van der Waals surface area (Å²) in [4.78, 5) is 9.41. The molecule has 1 fully saturated rings. The van der Waals surface area contributed by atoms with E-state index in [1.165, 1.54) is 37.5 Å². The van der Waals surface area contributed by atoms with Crippen molar-refractivity contribution in [2.75, 3.05) is 33.7 Å². The summed E-state index contributed by atoms with van der Waals surface area (Å²) >= 11 is 7.49. The molecule has 0 radical (unpaired) electrons. The molecule has 0 aromatic carbocycles. The Labute approximate surface area is 119 Å². The number of rotatable bonds is 6. The van der Waals surface area contributed by atoms with Gasteiger partial charge in [-0.2, -0.15) is 0 Å². The molecule has 1 unspecified atom stereocenters. The Kier molecular flexibility index (Phi) is 5.42. The molecule has 18 heavy (non-hydrogen) atoms. The van der Waals surface area contributed by atoms with Crippen LogP contribution in [0.25, 0.3) is 0 Å². The van der Waals surface area contributed by atoms with Crippen molar-refractivity contribution in [3.63, 3.8) is 0 Å². The molecule has 0 saturated carbocycles. The Bertz CT molecular complexity index is 367. The second kappa shape index (κ2) is 6.85. The Morgan fingerprint density at radius 3 is 3.00 bits per heavy atom. The zero-order valence-electron chi connectivity index (χ0n) is 11.2. The Morgan fingerprint density at radius 1 is 1.56 bits per heavy atom. The van der Waals surface area contributed by atoms with Gasteiger partial charge >= 0.3 is 0 Å². The first-order chi connectivity index (χ1) is 8.69. The number of likely N-dealkylation sites (tertiary alicyclic amines) is 1. The van der Waals surface area contributed by atoms with Crippen LogP contribution in [-0.4, -0.2) is 54.6 Å². The van der Waals surface area contributed by atoms with Gasteiger partial charge in [0.25, 0.3) is 0 Å². The van der Waals surface area contributed by atoms with Crippen LogP contribution in [0.5, 0.6) is 0 Å². The molecule has 2 heterocycles. The van der Waals surface area contributed by atoms with Gasteiger partial charge in [-0.3, -0.25) is 0 Å². The quantitative estimate of drug-likeness (QED) is 0.749. The Balaban J connectivity index is 1.67. The van der Waals surface area contributed by atoms with Gasteiger partial charge in [-0.15, -0.1) is 22.9 Å². The fourth-order valence-electron chi connectivity index (χ4n) is 2.42. The molecule has 0 bridgehead atoms. The normalized spacial score (nSPS) is 21.0. The summed E-state index contributed by atoms with van der Waals surface area (Å²) in [7, 11) is 4.36. The number of likely N-dealkylation sites (N-methyl/N-ethyl adjacent to an activating group) is 1. The molecule has 1 aromatic rings. The number of aromatic nitrogens is 1. The molecular formula is C13H22ClN3S. The van der Waals surface area contributed by atoms with Crippen molar-refractivity contribution in [1.82, 2.24) is 14.8 Å². The second-order valence-electron chi connectivity index (χ2n) is 5.18. The molecule has 0 aliphatic carbocycles. The summed E-state index contributed by atoms with van der Waals surface area (Å²) in [6.07, 6.45) is 3.60. The van der Waals surface area contributed by atoms with Crippen molar-refractivity contribution < 1.29 is 0 Å². The maximum atomic E-state index is 5.75. The molecule has 3 nitrogen and oxygen atoms in total. The average Bonchev–Trinajstić information content (AvgIpc) is 2.97. The predicted octanol–water partition coefficient (Wildman–Crippen LogP) is 2.45. The van der Waals surface area contributed by atoms with Crippen LogP contribution in [0.15, 0.2) is 5.38 Å². The summed E-state index contributed by atoms with van der Waals surface area (Å²) in [6.45, 7) is 3.66. The first-order valence-corrected chi connectivity index (χ1v) is 7.98. The summed E-state index contributed by atoms with van der Waals surface area (Å²) in [5.74, 6) is 0.535. The van der Waals surface area contributed by atoms with Crippen LogP contribution in [0.1, 0.15) is 23.5 Å². The van der Waals surface area contributed by atoms with Crippen molar-refractivity contribution in [3.05, 3.63) is 16.1 Å². The van der Waals surface area contributed by atoms with E-state index in [4.69, 9.17) is 11.6 Å². The van der Waals surface area contributed by atoms with Crippen LogP contribution >= 0.6 is 22.9 Å². The van der Waals surface area contributed by atoms with Crippen LogP contribution in [0.3, 0.4) is 0 Å². The van der Waals surface area contributed by atoms with Gasteiger partial charge in [0.15, 0.2) is 0 Å². The minimum atomic E-state index is 0.535. The molecule has 1 aliphatic heterocycles. The zero-order valence-corrected chi connectivity index (χ0v) is 12.8. The van der Waals surface area contributed by atoms with Gasteiger partial charge < -0.3 is 9.80 Å². The third-order valence-corrected chi connectivity index (χ3v) is 4.81. The van der Waals surface area contributed by atoms with Crippen molar-refractivity contribution in [1.29, 1.82) is 0 Å². The van der Waals surface area contributed by atoms with Gasteiger partial charge in [0.2, 0.25) is 0 Å². The van der Waals surface area contributed by atoms with Crippen molar-refractivity contribution in [2.45, 2.75) is 31.2 Å². The van der Waals surface area contributed by atoms with Crippen molar-refractivity contribution in [2.24, 2.45) is 0 Å². The molecule has 1 saturated heterocycles. The number of thiazole rings is 1. The summed E-state index contributed by atoms with van der Waals surface area (Å²) < 4.78 is 0. The largest absolute Gasteiger partial charge is 0.305 e. The SMILES string of the molecule is CN(C)C1CCN(CCCc2nc(CCl)cs2)C1. The molecule has 1 aliphatic rings. The van der Waals surface area contributed by atoms with Crippen molar-refractivity contribution in [3.8, 4) is 0 Å². The van der Waals surface area contributed by atoms with E-state index in [2.05, 4.69) is 34.3 Å². The molecule has 102 valence electrons. The molecular weight excluding hydrogens is 266 g/mol. The van der Waals surface area contributed by atoms with E-state index < -0.39 is 0 Å². The molecule has 1 atom stereocenters. The van der Waals surface area contributed by atoms with Gasteiger partial charge in [-0.25, -0.2) is 4.98 Å². The maximum absolute atomic E-state index is 5.75.